The third-order valence-corrected chi connectivity index (χ3v) is 6.37. The Labute approximate surface area is 161 Å². The Morgan fingerprint density at radius 1 is 0.909 bits per heavy atom. The second-order valence-corrected chi connectivity index (χ2v) is 8.17. The van der Waals surface area contributed by atoms with Gasteiger partial charge in [-0.1, -0.05) is 0 Å². The van der Waals surface area contributed by atoms with Crippen LogP contribution in [0.3, 0.4) is 0 Å². The van der Waals surface area contributed by atoms with E-state index in [9.17, 15) is 4.79 Å². The van der Waals surface area contributed by atoms with Gasteiger partial charge in [-0.05, 0) is 0 Å². The zero-order chi connectivity index (χ0) is 16.5. The minimum atomic E-state index is -0.971. The quantitative estimate of drug-likeness (QED) is 0.443. The van der Waals surface area contributed by atoms with E-state index in [2.05, 4.69) is 0 Å². The monoisotopic (exact) mass is 481 g/mol. The van der Waals surface area contributed by atoms with Gasteiger partial charge in [0.25, 0.3) is 0 Å². The molecule has 2 aromatic carbocycles. The molecular formula is C15H9Cl4O2Sn. The van der Waals surface area contributed by atoms with Crippen LogP contribution in [0.5, 0.6) is 0 Å². The molecule has 0 saturated carbocycles. The summed E-state index contributed by atoms with van der Waals surface area (Å²) in [6.07, 6.45) is 0. The molecule has 2 aromatic rings. The summed E-state index contributed by atoms with van der Waals surface area (Å²) in [5.74, 6) is -0.408. The average molecular weight is 482 g/mol. The third kappa shape index (κ3) is 3.85. The van der Waals surface area contributed by atoms with Crippen LogP contribution in [-0.2, 0) is 13.1 Å². The first kappa shape index (κ1) is 18.2. The topological polar surface area (TPSA) is 26.3 Å². The van der Waals surface area contributed by atoms with Gasteiger partial charge in [0.15, 0.2) is 0 Å². The molecule has 7 heteroatoms. The number of ether oxygens (including phenoxy) is 1. The molecular weight excluding hydrogens is 473 g/mol. The number of esters is 1. The summed E-state index contributed by atoms with van der Waals surface area (Å²) in [5.41, 5.74) is 1.43. The van der Waals surface area contributed by atoms with Crippen LogP contribution >= 0.6 is 46.4 Å². The van der Waals surface area contributed by atoms with Gasteiger partial charge in [0.1, 0.15) is 0 Å². The normalized spacial score (nSPS) is 11.4. The van der Waals surface area contributed by atoms with Gasteiger partial charge in [-0.3, -0.25) is 0 Å². The van der Waals surface area contributed by atoms with Crippen molar-refractivity contribution < 1.29 is 9.53 Å². The molecule has 2 nitrogen and oxygen atoms in total. The Balaban J connectivity index is 2.62. The number of hydrogen-bond donors (Lipinski definition) is 0. The van der Waals surface area contributed by atoms with E-state index in [4.69, 9.17) is 51.1 Å². The first-order valence-corrected chi connectivity index (χ1v) is 9.03. The zero-order valence-corrected chi connectivity index (χ0v) is 17.2. The van der Waals surface area contributed by atoms with Crippen LogP contribution in [0, 0.1) is 0 Å². The van der Waals surface area contributed by atoms with Crippen molar-refractivity contribution in [2.45, 2.75) is 10.5 Å². The van der Waals surface area contributed by atoms with Crippen molar-refractivity contribution in [3.63, 3.8) is 0 Å². The van der Waals surface area contributed by atoms with Crippen LogP contribution in [-0.4, -0.2) is 28.5 Å². The molecule has 0 amide bonds. The van der Waals surface area contributed by atoms with E-state index >= 15 is 0 Å². The van der Waals surface area contributed by atoms with Gasteiger partial charge in [0, 0.05) is 0 Å². The molecule has 0 aliphatic rings. The van der Waals surface area contributed by atoms with E-state index in [1.807, 2.05) is 0 Å². The Morgan fingerprint density at radius 2 is 1.32 bits per heavy atom. The Bertz CT molecular complexity index is 682. The fourth-order valence-corrected chi connectivity index (χ4v) is 3.82. The van der Waals surface area contributed by atoms with Crippen molar-refractivity contribution >= 4 is 74.9 Å². The number of halogens is 4. The van der Waals surface area contributed by atoms with Gasteiger partial charge < -0.3 is 0 Å². The predicted molar refractivity (Wildman–Crippen MR) is 91.2 cm³/mol. The number of rotatable bonds is 3. The van der Waals surface area contributed by atoms with Gasteiger partial charge in [-0.2, -0.15) is 0 Å². The summed E-state index contributed by atoms with van der Waals surface area (Å²) in [5, 5.41) is 1.64. The van der Waals surface area contributed by atoms with Gasteiger partial charge in [0.2, 0.25) is 0 Å². The van der Waals surface area contributed by atoms with E-state index in [1.54, 1.807) is 36.4 Å². The SMILES string of the molecule is CC(=O)O[C]([Sn])(c1ccc(Cl)c(Cl)c1)c1ccc(Cl)c(Cl)c1. The molecule has 0 saturated heterocycles. The van der Waals surface area contributed by atoms with Crippen LogP contribution < -0.4 is 0 Å². The van der Waals surface area contributed by atoms with E-state index in [-0.39, 0.29) is 0 Å². The number of carbonyl (C=O) groups is 1. The number of benzene rings is 2. The molecule has 113 valence electrons. The van der Waals surface area contributed by atoms with Crippen molar-refractivity contribution in [1.29, 1.82) is 0 Å². The van der Waals surface area contributed by atoms with Crippen LogP contribution in [0.2, 0.25) is 20.1 Å². The molecule has 0 atom stereocenters. The number of hydrogen-bond acceptors (Lipinski definition) is 2. The Morgan fingerprint density at radius 3 is 1.64 bits per heavy atom. The molecule has 0 heterocycles. The summed E-state index contributed by atoms with van der Waals surface area (Å²) in [4.78, 5) is 11.6. The molecule has 0 N–H and O–H groups in total. The maximum absolute atomic E-state index is 11.6. The van der Waals surface area contributed by atoms with Gasteiger partial charge >= 0.3 is 163 Å². The van der Waals surface area contributed by atoms with E-state index in [0.29, 0.717) is 31.2 Å². The fraction of sp³-hybridized carbons (Fsp3) is 0.133. The van der Waals surface area contributed by atoms with Crippen LogP contribution in [0.1, 0.15) is 18.1 Å². The third-order valence-electron chi connectivity index (χ3n) is 2.95. The van der Waals surface area contributed by atoms with Crippen molar-refractivity contribution in [1.82, 2.24) is 0 Å². The summed E-state index contributed by atoms with van der Waals surface area (Å²) >= 11 is 25.0. The predicted octanol–water partition coefficient (Wildman–Crippen LogP) is 5.23. The molecule has 3 radical (unpaired) electrons. The van der Waals surface area contributed by atoms with Crippen LogP contribution in [0.4, 0.5) is 0 Å². The first-order chi connectivity index (χ1) is 10.2. The second kappa shape index (κ2) is 7.18. The van der Waals surface area contributed by atoms with Crippen molar-refractivity contribution in [2.75, 3.05) is 0 Å². The average Bonchev–Trinajstić information content (AvgIpc) is 2.43. The van der Waals surface area contributed by atoms with Crippen LogP contribution in [0.25, 0.3) is 0 Å². The first-order valence-electron chi connectivity index (χ1n) is 6.09. The molecule has 0 aliphatic carbocycles. The van der Waals surface area contributed by atoms with Crippen molar-refractivity contribution in [3.8, 4) is 0 Å². The molecule has 0 aliphatic heterocycles. The van der Waals surface area contributed by atoms with E-state index in [0.717, 1.165) is 22.5 Å². The van der Waals surface area contributed by atoms with Gasteiger partial charge in [-0.25, -0.2) is 0 Å². The standard InChI is InChI=1S/C15H9Cl4O2.Sn/c1-8(20)21-15(9-2-4-11(16)13(18)6-9)10-3-5-12(17)14(19)7-10;/h2-7H,1H3;. The second-order valence-electron chi connectivity index (χ2n) is 4.53. The summed E-state index contributed by atoms with van der Waals surface area (Å²) < 4.78 is 4.63. The van der Waals surface area contributed by atoms with E-state index in [1.165, 1.54) is 6.92 Å². The summed E-state index contributed by atoms with van der Waals surface area (Å²) in [7, 11) is 0. The molecule has 0 unspecified atom stereocenters. The number of carbonyl (C=O) groups excluding carboxylic acids is 1. The Kier molecular flexibility index (Phi) is 5.94. The van der Waals surface area contributed by atoms with E-state index < -0.39 is 9.59 Å². The van der Waals surface area contributed by atoms with Gasteiger partial charge in [0.05, 0.1) is 0 Å². The van der Waals surface area contributed by atoms with Crippen molar-refractivity contribution in [3.05, 3.63) is 67.6 Å². The molecule has 22 heavy (non-hydrogen) atoms. The summed E-state index contributed by atoms with van der Waals surface area (Å²) in [6.45, 7) is 1.35. The molecule has 0 aromatic heterocycles. The molecule has 2 rings (SSSR count). The maximum atomic E-state index is 11.6. The zero-order valence-electron chi connectivity index (χ0n) is 11.3. The van der Waals surface area contributed by atoms with Gasteiger partial charge in [-0.15, -0.1) is 0 Å². The Hall–Kier alpha value is -0.131. The summed E-state index contributed by atoms with van der Waals surface area (Å²) in [6, 6.07) is 10.2. The molecule has 0 spiro atoms. The van der Waals surface area contributed by atoms with Crippen molar-refractivity contribution in [2.24, 2.45) is 0 Å². The van der Waals surface area contributed by atoms with Crippen LogP contribution in [0.15, 0.2) is 36.4 Å². The fourth-order valence-electron chi connectivity index (χ4n) is 1.93. The minimum absolute atomic E-state index is 0.387. The molecule has 0 fully saturated rings. The molecule has 0 bridgehead atoms.